The maximum Gasteiger partial charge on any atom is 0.339 e. The van der Waals surface area contributed by atoms with Gasteiger partial charge in [-0.15, -0.1) is 0 Å². The number of fused-ring (bicyclic) bond motifs is 2. The van der Waals surface area contributed by atoms with Crippen LogP contribution in [0.3, 0.4) is 0 Å². The number of likely N-dealkylation sites (N-methyl/N-ethyl adjacent to an activating group) is 1. The summed E-state index contributed by atoms with van der Waals surface area (Å²) in [6, 6.07) is 4.60. The first-order valence-corrected chi connectivity index (χ1v) is 7.24. The lowest BCUT2D eigenvalue weighted by Crippen LogP contribution is -2.37. The largest absolute Gasteiger partial charge is 0.478 e. The zero-order chi connectivity index (χ0) is 14.3. The molecule has 0 saturated carbocycles. The van der Waals surface area contributed by atoms with Gasteiger partial charge in [0.25, 0.3) is 0 Å². The van der Waals surface area contributed by atoms with Crippen LogP contribution < -0.4 is 4.90 Å². The number of aromatic nitrogens is 1. The Balaban J connectivity index is 1.93. The molecule has 0 aliphatic carbocycles. The highest BCUT2D eigenvalue weighted by Crippen LogP contribution is 2.31. The summed E-state index contributed by atoms with van der Waals surface area (Å²) >= 11 is 0. The average Bonchev–Trinajstić information content (AvgIpc) is 2.62. The quantitative estimate of drug-likeness (QED) is 0.891. The molecule has 3 heterocycles. The van der Waals surface area contributed by atoms with Crippen molar-refractivity contribution in [2.24, 2.45) is 0 Å². The fraction of sp³-hybridized carbons (Fsp3) is 0.600. The molecule has 3 rings (SSSR count). The van der Waals surface area contributed by atoms with Crippen molar-refractivity contribution >= 4 is 11.8 Å². The van der Waals surface area contributed by atoms with Gasteiger partial charge in [-0.05, 0) is 45.4 Å². The third-order valence-corrected chi connectivity index (χ3v) is 4.69. The van der Waals surface area contributed by atoms with Crippen LogP contribution in [-0.4, -0.2) is 53.2 Å². The number of aryl methyl sites for hydroxylation is 1. The zero-order valence-corrected chi connectivity index (χ0v) is 12.0. The molecular formula is C15H21N3O2. The third-order valence-electron chi connectivity index (χ3n) is 4.69. The second-order valence-electron chi connectivity index (χ2n) is 5.91. The number of aromatic carboxylic acids is 1. The second kappa shape index (κ2) is 5.05. The molecule has 2 bridgehead atoms. The molecule has 2 atom stereocenters. The fourth-order valence-corrected chi connectivity index (χ4v) is 3.45. The van der Waals surface area contributed by atoms with Crippen molar-refractivity contribution in [1.29, 1.82) is 0 Å². The molecule has 108 valence electrons. The summed E-state index contributed by atoms with van der Waals surface area (Å²) in [6.07, 6.45) is 3.55. The smallest absolute Gasteiger partial charge is 0.339 e. The Kier molecular flexibility index (Phi) is 3.38. The van der Waals surface area contributed by atoms with Crippen molar-refractivity contribution in [2.75, 3.05) is 25.0 Å². The van der Waals surface area contributed by atoms with Crippen LogP contribution in [0.1, 0.15) is 35.3 Å². The molecular weight excluding hydrogens is 254 g/mol. The highest BCUT2D eigenvalue weighted by atomic mass is 16.4. The van der Waals surface area contributed by atoms with E-state index in [9.17, 15) is 9.90 Å². The van der Waals surface area contributed by atoms with E-state index in [1.165, 1.54) is 12.8 Å². The molecule has 0 spiro atoms. The average molecular weight is 275 g/mol. The molecule has 0 amide bonds. The summed E-state index contributed by atoms with van der Waals surface area (Å²) in [5, 5.41) is 9.36. The SMILES string of the molecule is Cc1ccc(C(=O)O)c(N2CC[C@H]3CC[C@@H](C2)N3C)n1. The minimum atomic E-state index is -0.893. The van der Waals surface area contributed by atoms with Crippen LogP contribution in [0.15, 0.2) is 12.1 Å². The van der Waals surface area contributed by atoms with E-state index in [4.69, 9.17) is 0 Å². The molecule has 1 aromatic heterocycles. The van der Waals surface area contributed by atoms with Gasteiger partial charge in [-0.25, -0.2) is 9.78 Å². The van der Waals surface area contributed by atoms with Crippen LogP contribution >= 0.6 is 0 Å². The number of pyridine rings is 1. The van der Waals surface area contributed by atoms with E-state index in [0.717, 1.165) is 25.2 Å². The molecule has 0 aromatic carbocycles. The zero-order valence-electron chi connectivity index (χ0n) is 12.0. The summed E-state index contributed by atoms with van der Waals surface area (Å²) in [5.74, 6) is -0.256. The van der Waals surface area contributed by atoms with Gasteiger partial charge in [0.05, 0.1) is 0 Å². The fourth-order valence-electron chi connectivity index (χ4n) is 3.45. The Labute approximate surface area is 119 Å². The number of nitrogens with zero attached hydrogens (tertiary/aromatic N) is 3. The molecule has 5 nitrogen and oxygen atoms in total. The van der Waals surface area contributed by atoms with Gasteiger partial charge in [-0.1, -0.05) is 0 Å². The predicted molar refractivity (Wildman–Crippen MR) is 77.3 cm³/mol. The van der Waals surface area contributed by atoms with Crippen molar-refractivity contribution in [3.8, 4) is 0 Å². The van der Waals surface area contributed by atoms with E-state index < -0.39 is 5.97 Å². The second-order valence-corrected chi connectivity index (χ2v) is 5.91. The molecule has 5 heteroatoms. The van der Waals surface area contributed by atoms with Crippen LogP contribution in [0.5, 0.6) is 0 Å². The lowest BCUT2D eigenvalue weighted by molar-refractivity contribution is 0.0697. The highest BCUT2D eigenvalue weighted by molar-refractivity contribution is 5.93. The Morgan fingerprint density at radius 3 is 2.80 bits per heavy atom. The third kappa shape index (κ3) is 2.26. The van der Waals surface area contributed by atoms with Gasteiger partial charge in [0.15, 0.2) is 0 Å². The molecule has 1 N–H and O–H groups in total. The van der Waals surface area contributed by atoms with Gasteiger partial charge in [0.1, 0.15) is 11.4 Å². The topological polar surface area (TPSA) is 56.7 Å². The van der Waals surface area contributed by atoms with Crippen LogP contribution in [-0.2, 0) is 0 Å². The summed E-state index contributed by atoms with van der Waals surface area (Å²) in [5.41, 5.74) is 1.18. The highest BCUT2D eigenvalue weighted by Gasteiger charge is 2.35. The number of anilines is 1. The summed E-state index contributed by atoms with van der Waals surface area (Å²) in [6.45, 7) is 3.68. The van der Waals surface area contributed by atoms with Crippen LogP contribution in [0.2, 0.25) is 0 Å². The summed E-state index contributed by atoms with van der Waals surface area (Å²) in [4.78, 5) is 20.5. The molecule has 2 aliphatic rings. The molecule has 2 saturated heterocycles. The monoisotopic (exact) mass is 275 g/mol. The van der Waals surface area contributed by atoms with Crippen molar-refractivity contribution in [2.45, 2.75) is 38.3 Å². The van der Waals surface area contributed by atoms with Crippen molar-refractivity contribution < 1.29 is 9.90 Å². The van der Waals surface area contributed by atoms with E-state index in [-0.39, 0.29) is 0 Å². The normalized spacial score (nSPS) is 26.6. The number of hydrogen-bond donors (Lipinski definition) is 1. The van der Waals surface area contributed by atoms with E-state index in [2.05, 4.69) is 21.8 Å². The molecule has 0 unspecified atom stereocenters. The lowest BCUT2D eigenvalue weighted by atomic mass is 10.1. The number of hydrogen-bond acceptors (Lipinski definition) is 4. The van der Waals surface area contributed by atoms with Crippen LogP contribution in [0, 0.1) is 6.92 Å². The molecule has 2 aliphatic heterocycles. The minimum Gasteiger partial charge on any atom is -0.478 e. The van der Waals surface area contributed by atoms with Crippen molar-refractivity contribution in [3.63, 3.8) is 0 Å². The van der Waals surface area contributed by atoms with Crippen LogP contribution in [0.25, 0.3) is 0 Å². The van der Waals surface area contributed by atoms with Crippen molar-refractivity contribution in [3.05, 3.63) is 23.4 Å². The standard InChI is InChI=1S/C15H21N3O2/c1-10-3-6-13(15(19)20)14(16-10)18-8-7-11-4-5-12(9-18)17(11)2/h3,6,11-12H,4-5,7-9H2,1-2H3,(H,19,20)/t11-,12+/m1/s1. The van der Waals surface area contributed by atoms with Crippen molar-refractivity contribution in [1.82, 2.24) is 9.88 Å². The molecule has 0 radical (unpaired) electrons. The number of rotatable bonds is 2. The van der Waals surface area contributed by atoms with Gasteiger partial charge in [0.2, 0.25) is 0 Å². The van der Waals surface area contributed by atoms with E-state index in [1.54, 1.807) is 12.1 Å². The first-order chi connectivity index (χ1) is 9.56. The summed E-state index contributed by atoms with van der Waals surface area (Å²) in [7, 11) is 2.19. The first-order valence-electron chi connectivity index (χ1n) is 7.24. The van der Waals surface area contributed by atoms with E-state index in [0.29, 0.717) is 23.5 Å². The van der Waals surface area contributed by atoms with Gasteiger partial charge in [0, 0.05) is 30.9 Å². The number of carboxylic acids is 1. The van der Waals surface area contributed by atoms with Crippen LogP contribution in [0.4, 0.5) is 5.82 Å². The van der Waals surface area contributed by atoms with Gasteiger partial charge in [-0.3, -0.25) is 4.90 Å². The number of carbonyl (C=O) groups is 1. The minimum absolute atomic E-state index is 0.316. The van der Waals surface area contributed by atoms with E-state index >= 15 is 0 Å². The van der Waals surface area contributed by atoms with E-state index in [1.807, 2.05) is 6.92 Å². The Morgan fingerprint density at radius 1 is 1.30 bits per heavy atom. The maximum absolute atomic E-state index is 11.4. The summed E-state index contributed by atoms with van der Waals surface area (Å²) < 4.78 is 0. The maximum atomic E-state index is 11.4. The Hall–Kier alpha value is -1.62. The predicted octanol–water partition coefficient (Wildman–Crippen LogP) is 1.76. The van der Waals surface area contributed by atoms with Gasteiger partial charge >= 0.3 is 5.97 Å². The molecule has 1 aromatic rings. The Morgan fingerprint density at radius 2 is 2.05 bits per heavy atom. The van der Waals surface area contributed by atoms with Gasteiger partial charge in [-0.2, -0.15) is 0 Å². The lowest BCUT2D eigenvalue weighted by Gasteiger charge is -2.27. The molecule has 2 fully saturated rings. The Bertz CT molecular complexity index is 532. The number of carboxylic acid groups (broad SMARTS) is 1. The first kappa shape index (κ1) is 13.4. The molecule has 20 heavy (non-hydrogen) atoms. The van der Waals surface area contributed by atoms with Gasteiger partial charge < -0.3 is 10.0 Å².